The normalized spacial score (nSPS) is 12.4. The summed E-state index contributed by atoms with van der Waals surface area (Å²) in [4.78, 5) is 11.3. The van der Waals surface area contributed by atoms with Gasteiger partial charge in [0.15, 0.2) is 0 Å². The number of aliphatic carboxylic acids is 1. The van der Waals surface area contributed by atoms with Crippen LogP contribution in [0.15, 0.2) is 29.2 Å². The number of rotatable bonds is 5. The van der Waals surface area contributed by atoms with Crippen LogP contribution < -0.4 is 0 Å². The lowest BCUT2D eigenvalue weighted by molar-refractivity contribution is -0.133. The zero-order chi connectivity index (χ0) is 11.3. The van der Waals surface area contributed by atoms with Crippen molar-refractivity contribution in [3.8, 4) is 0 Å². The highest BCUT2D eigenvalue weighted by molar-refractivity contribution is 8.00. The Kier molecular flexibility index (Phi) is 4.65. The lowest BCUT2D eigenvalue weighted by atomic mass is 10.1. The van der Waals surface area contributed by atoms with Crippen LogP contribution in [-0.2, 0) is 9.53 Å². The number of carboxylic acids is 1. The maximum absolute atomic E-state index is 10.4. The first-order valence-electron chi connectivity index (χ1n) is 4.61. The van der Waals surface area contributed by atoms with Crippen molar-refractivity contribution in [3.63, 3.8) is 0 Å². The minimum Gasteiger partial charge on any atom is -0.481 e. The molecule has 3 nitrogen and oxygen atoms in total. The maximum Gasteiger partial charge on any atom is 0.313 e. The Morgan fingerprint density at radius 2 is 2.07 bits per heavy atom. The Morgan fingerprint density at radius 3 is 2.53 bits per heavy atom. The second-order valence-electron chi connectivity index (χ2n) is 3.13. The van der Waals surface area contributed by atoms with Crippen molar-refractivity contribution in [3.05, 3.63) is 29.8 Å². The van der Waals surface area contributed by atoms with E-state index in [0.717, 1.165) is 10.5 Å². The highest BCUT2D eigenvalue weighted by Crippen LogP contribution is 2.21. The molecule has 0 saturated heterocycles. The number of hydrogen-bond acceptors (Lipinski definition) is 3. The number of benzene rings is 1. The first kappa shape index (κ1) is 12.1. The summed E-state index contributed by atoms with van der Waals surface area (Å²) in [6, 6.07) is 7.74. The molecule has 0 fully saturated rings. The van der Waals surface area contributed by atoms with Crippen LogP contribution in [0.4, 0.5) is 0 Å². The average molecular weight is 226 g/mol. The molecule has 0 aromatic heterocycles. The van der Waals surface area contributed by atoms with E-state index in [9.17, 15) is 4.79 Å². The van der Waals surface area contributed by atoms with Crippen LogP contribution >= 0.6 is 11.8 Å². The fourth-order valence-corrected chi connectivity index (χ4v) is 1.73. The fraction of sp³-hybridized carbons (Fsp3) is 0.364. The largest absolute Gasteiger partial charge is 0.481 e. The van der Waals surface area contributed by atoms with Gasteiger partial charge in [0.2, 0.25) is 0 Å². The van der Waals surface area contributed by atoms with E-state index < -0.39 is 5.97 Å². The molecule has 0 aliphatic carbocycles. The summed E-state index contributed by atoms with van der Waals surface area (Å²) >= 11 is 1.32. The maximum atomic E-state index is 10.4. The molecule has 0 aliphatic heterocycles. The molecule has 4 heteroatoms. The molecule has 1 atom stereocenters. The molecule has 15 heavy (non-hydrogen) atoms. The molecular weight excluding hydrogens is 212 g/mol. The SMILES string of the molecule is CO[C@@H](C)c1ccc(SCC(=O)O)cc1. The first-order chi connectivity index (χ1) is 7.13. The number of hydrogen-bond donors (Lipinski definition) is 1. The summed E-state index contributed by atoms with van der Waals surface area (Å²) < 4.78 is 5.17. The molecule has 82 valence electrons. The van der Waals surface area contributed by atoms with Crippen molar-refractivity contribution in [2.75, 3.05) is 12.9 Å². The van der Waals surface area contributed by atoms with E-state index in [0.29, 0.717) is 0 Å². The van der Waals surface area contributed by atoms with Crippen LogP contribution in [0.5, 0.6) is 0 Å². The second kappa shape index (κ2) is 5.78. The van der Waals surface area contributed by atoms with Crippen molar-refractivity contribution in [1.82, 2.24) is 0 Å². The molecule has 0 spiro atoms. The third kappa shape index (κ3) is 3.93. The molecule has 0 heterocycles. The zero-order valence-corrected chi connectivity index (χ0v) is 9.58. The lowest BCUT2D eigenvalue weighted by Crippen LogP contribution is -1.98. The predicted octanol–water partition coefficient (Wildman–Crippen LogP) is 2.57. The summed E-state index contributed by atoms with van der Waals surface area (Å²) in [6.07, 6.45) is 0.0727. The summed E-state index contributed by atoms with van der Waals surface area (Å²) in [7, 11) is 1.66. The Labute approximate surface area is 93.4 Å². The Hall–Kier alpha value is -1.00. The van der Waals surface area contributed by atoms with Gasteiger partial charge in [-0.05, 0) is 24.6 Å². The average Bonchev–Trinajstić information content (AvgIpc) is 2.26. The Morgan fingerprint density at radius 1 is 1.47 bits per heavy atom. The number of thioether (sulfide) groups is 1. The molecule has 1 rings (SSSR count). The minimum atomic E-state index is -0.797. The molecule has 0 unspecified atom stereocenters. The highest BCUT2D eigenvalue weighted by atomic mass is 32.2. The smallest absolute Gasteiger partial charge is 0.313 e. The molecule has 0 saturated carbocycles. The summed E-state index contributed by atoms with van der Waals surface area (Å²) in [6.45, 7) is 1.97. The minimum absolute atomic E-state index is 0.0727. The van der Waals surface area contributed by atoms with Gasteiger partial charge in [-0.2, -0.15) is 0 Å². The van der Waals surface area contributed by atoms with Crippen LogP contribution in [0.2, 0.25) is 0 Å². The Balaban J connectivity index is 2.60. The number of carboxylic acid groups (broad SMARTS) is 1. The van der Waals surface area contributed by atoms with Crippen LogP contribution in [0.3, 0.4) is 0 Å². The molecular formula is C11H14O3S. The summed E-state index contributed by atoms with van der Waals surface area (Å²) in [5.74, 6) is -0.701. The fourth-order valence-electron chi connectivity index (χ4n) is 1.12. The van der Waals surface area contributed by atoms with Gasteiger partial charge in [-0.25, -0.2) is 0 Å². The molecule has 0 amide bonds. The molecule has 0 radical (unpaired) electrons. The zero-order valence-electron chi connectivity index (χ0n) is 8.77. The first-order valence-corrected chi connectivity index (χ1v) is 5.59. The van der Waals surface area contributed by atoms with Crippen LogP contribution in [-0.4, -0.2) is 23.9 Å². The van der Waals surface area contributed by atoms with Gasteiger partial charge in [-0.15, -0.1) is 11.8 Å². The van der Waals surface area contributed by atoms with Gasteiger partial charge in [0.25, 0.3) is 0 Å². The van der Waals surface area contributed by atoms with Gasteiger partial charge < -0.3 is 9.84 Å². The van der Waals surface area contributed by atoms with Crippen molar-refractivity contribution < 1.29 is 14.6 Å². The van der Waals surface area contributed by atoms with E-state index in [-0.39, 0.29) is 11.9 Å². The predicted molar refractivity (Wildman–Crippen MR) is 60.2 cm³/mol. The quantitative estimate of drug-likeness (QED) is 0.784. The van der Waals surface area contributed by atoms with E-state index in [1.807, 2.05) is 31.2 Å². The molecule has 0 bridgehead atoms. The molecule has 1 N–H and O–H groups in total. The van der Waals surface area contributed by atoms with Gasteiger partial charge in [-0.1, -0.05) is 12.1 Å². The van der Waals surface area contributed by atoms with Gasteiger partial charge in [0.1, 0.15) is 0 Å². The number of carbonyl (C=O) groups is 1. The number of methoxy groups -OCH3 is 1. The van der Waals surface area contributed by atoms with E-state index in [4.69, 9.17) is 9.84 Å². The van der Waals surface area contributed by atoms with Gasteiger partial charge in [0.05, 0.1) is 11.9 Å². The van der Waals surface area contributed by atoms with Crippen molar-refractivity contribution >= 4 is 17.7 Å². The second-order valence-corrected chi connectivity index (χ2v) is 4.18. The van der Waals surface area contributed by atoms with E-state index >= 15 is 0 Å². The van der Waals surface area contributed by atoms with Crippen molar-refractivity contribution in [1.29, 1.82) is 0 Å². The summed E-state index contributed by atoms with van der Waals surface area (Å²) in [5.41, 5.74) is 1.09. The number of ether oxygens (including phenoxy) is 1. The molecule has 1 aromatic carbocycles. The van der Waals surface area contributed by atoms with E-state index in [1.54, 1.807) is 7.11 Å². The Bertz CT molecular complexity index is 321. The summed E-state index contributed by atoms with van der Waals surface area (Å²) in [5, 5.41) is 8.51. The van der Waals surface area contributed by atoms with Gasteiger partial charge in [0, 0.05) is 12.0 Å². The third-order valence-electron chi connectivity index (χ3n) is 2.07. The van der Waals surface area contributed by atoms with Crippen molar-refractivity contribution in [2.45, 2.75) is 17.9 Å². The lowest BCUT2D eigenvalue weighted by Gasteiger charge is -2.09. The van der Waals surface area contributed by atoms with Gasteiger partial charge >= 0.3 is 5.97 Å². The standard InChI is InChI=1S/C11H14O3S/c1-8(14-2)9-3-5-10(6-4-9)15-7-11(12)13/h3-6,8H,7H2,1-2H3,(H,12,13)/t8-/m0/s1. The third-order valence-corrected chi connectivity index (χ3v) is 3.06. The van der Waals surface area contributed by atoms with Crippen LogP contribution in [0.1, 0.15) is 18.6 Å². The van der Waals surface area contributed by atoms with Crippen LogP contribution in [0, 0.1) is 0 Å². The highest BCUT2D eigenvalue weighted by Gasteiger charge is 2.04. The van der Waals surface area contributed by atoms with E-state index in [2.05, 4.69) is 0 Å². The van der Waals surface area contributed by atoms with Gasteiger partial charge in [-0.3, -0.25) is 4.79 Å². The van der Waals surface area contributed by atoms with Crippen LogP contribution in [0.25, 0.3) is 0 Å². The van der Waals surface area contributed by atoms with Crippen molar-refractivity contribution in [2.24, 2.45) is 0 Å². The topological polar surface area (TPSA) is 46.5 Å². The molecule has 0 aliphatic rings. The van der Waals surface area contributed by atoms with E-state index in [1.165, 1.54) is 11.8 Å². The molecule has 1 aromatic rings. The monoisotopic (exact) mass is 226 g/mol.